The summed E-state index contributed by atoms with van der Waals surface area (Å²) >= 11 is 0. The van der Waals surface area contributed by atoms with Crippen molar-refractivity contribution >= 4 is 39.8 Å². The Labute approximate surface area is 247 Å². The number of aromatic hydroxyl groups is 1. The highest BCUT2D eigenvalue weighted by atomic mass is 16.3. The average molecular weight is 581 g/mol. The van der Waals surface area contributed by atoms with Crippen LogP contribution in [0.15, 0.2) is 48.5 Å². The predicted molar refractivity (Wildman–Crippen MR) is 156 cm³/mol. The van der Waals surface area contributed by atoms with E-state index in [1.54, 1.807) is 6.07 Å². The number of hydrogen-bond donors (Lipinski definition) is 3. The quantitative estimate of drug-likeness (QED) is 0.398. The fourth-order valence-corrected chi connectivity index (χ4v) is 8.14. The number of primary amides is 1. The smallest absolute Gasteiger partial charge is 0.235 e. The molecule has 9 nitrogen and oxygen atoms in total. The molecule has 1 saturated heterocycles. The van der Waals surface area contributed by atoms with E-state index >= 15 is 0 Å². The van der Waals surface area contributed by atoms with Crippen LogP contribution in [0.2, 0.25) is 0 Å². The summed E-state index contributed by atoms with van der Waals surface area (Å²) in [6.45, 7) is 2.99. The molecule has 2 unspecified atom stereocenters. The maximum Gasteiger partial charge on any atom is 0.235 e. The van der Waals surface area contributed by atoms with Gasteiger partial charge >= 0.3 is 0 Å². The molecule has 4 N–H and O–H groups in total. The first-order valence-electron chi connectivity index (χ1n) is 14.9. The SMILES string of the molecule is NC(=O)C1C(=O)C[C@@H]2C[C@@H]3Cc4c(-c5ccc(CN6CCCC6)c6ccccc56)ccc(O)c4C(=O)C3C(=O)[C@]2(O)C1=O. The number of nitrogens with zero attached hydrogens (tertiary/aromatic N) is 1. The Morgan fingerprint density at radius 1 is 0.907 bits per heavy atom. The van der Waals surface area contributed by atoms with Gasteiger partial charge in [-0.15, -0.1) is 0 Å². The Morgan fingerprint density at radius 3 is 2.33 bits per heavy atom. The Hall–Kier alpha value is -4.21. The van der Waals surface area contributed by atoms with Crippen molar-refractivity contribution < 1.29 is 34.2 Å². The van der Waals surface area contributed by atoms with Crippen LogP contribution in [0.25, 0.3) is 21.9 Å². The summed E-state index contributed by atoms with van der Waals surface area (Å²) in [7, 11) is 0. The second kappa shape index (κ2) is 9.92. The molecule has 1 aliphatic heterocycles. The summed E-state index contributed by atoms with van der Waals surface area (Å²) in [6, 6.07) is 15.5. The second-order valence-corrected chi connectivity index (χ2v) is 12.5. The summed E-state index contributed by atoms with van der Waals surface area (Å²) < 4.78 is 0. The number of ketones is 4. The fourth-order valence-electron chi connectivity index (χ4n) is 8.14. The molecule has 43 heavy (non-hydrogen) atoms. The van der Waals surface area contributed by atoms with Gasteiger partial charge in [0.15, 0.2) is 34.7 Å². The zero-order chi connectivity index (χ0) is 30.2. The van der Waals surface area contributed by atoms with Gasteiger partial charge in [0.2, 0.25) is 5.91 Å². The highest BCUT2D eigenvalue weighted by Crippen LogP contribution is 2.51. The molecule has 5 atom stereocenters. The lowest BCUT2D eigenvalue weighted by molar-refractivity contribution is -0.175. The molecule has 4 aliphatic rings. The number of hydrogen-bond acceptors (Lipinski definition) is 8. The molecule has 0 radical (unpaired) electrons. The van der Waals surface area contributed by atoms with Gasteiger partial charge in [0.25, 0.3) is 0 Å². The Balaban J connectivity index is 1.32. The van der Waals surface area contributed by atoms with Crippen molar-refractivity contribution in [3.63, 3.8) is 0 Å². The predicted octanol–water partition coefficient (Wildman–Crippen LogP) is 2.74. The van der Waals surface area contributed by atoms with Gasteiger partial charge in [-0.25, -0.2) is 0 Å². The van der Waals surface area contributed by atoms with Crippen LogP contribution in [-0.4, -0.2) is 62.8 Å². The molecular formula is C34H32N2O7. The van der Waals surface area contributed by atoms with E-state index in [0.717, 1.165) is 41.5 Å². The number of phenols is 1. The maximum absolute atomic E-state index is 14.0. The molecule has 0 bridgehead atoms. The number of likely N-dealkylation sites (tertiary alicyclic amines) is 1. The average Bonchev–Trinajstić information content (AvgIpc) is 3.49. The molecule has 220 valence electrons. The summed E-state index contributed by atoms with van der Waals surface area (Å²) in [5.41, 5.74) is 6.10. The first-order valence-corrected chi connectivity index (χ1v) is 14.9. The highest BCUT2D eigenvalue weighted by Gasteiger charge is 2.66. The van der Waals surface area contributed by atoms with Crippen LogP contribution in [0, 0.1) is 23.7 Å². The van der Waals surface area contributed by atoms with Crippen LogP contribution in [0.1, 0.15) is 47.2 Å². The number of aliphatic hydroxyl groups is 1. The topological polar surface area (TPSA) is 155 Å². The van der Waals surface area contributed by atoms with Crippen molar-refractivity contribution in [2.45, 2.75) is 44.2 Å². The van der Waals surface area contributed by atoms with Crippen molar-refractivity contribution in [3.8, 4) is 16.9 Å². The summed E-state index contributed by atoms with van der Waals surface area (Å²) in [4.78, 5) is 68.0. The number of amides is 1. The largest absolute Gasteiger partial charge is 0.507 e. The highest BCUT2D eigenvalue weighted by molar-refractivity contribution is 6.31. The van der Waals surface area contributed by atoms with Gasteiger partial charge < -0.3 is 15.9 Å². The summed E-state index contributed by atoms with van der Waals surface area (Å²) in [5.74, 6) is -10.1. The molecule has 2 saturated carbocycles. The normalized spacial score (nSPS) is 29.0. The van der Waals surface area contributed by atoms with E-state index in [1.165, 1.54) is 24.5 Å². The Bertz CT molecular complexity index is 1760. The zero-order valence-corrected chi connectivity index (χ0v) is 23.5. The number of carbonyl (C=O) groups is 5. The van der Waals surface area contributed by atoms with E-state index < -0.39 is 58.3 Å². The third-order valence-corrected chi connectivity index (χ3v) is 10.2. The molecule has 3 aromatic rings. The van der Waals surface area contributed by atoms with Crippen LogP contribution in [0.4, 0.5) is 0 Å². The molecule has 3 aromatic carbocycles. The lowest BCUT2D eigenvalue weighted by Crippen LogP contribution is -2.68. The summed E-state index contributed by atoms with van der Waals surface area (Å²) in [6.07, 6.45) is 2.33. The van der Waals surface area contributed by atoms with Gasteiger partial charge in [0.05, 0.1) is 11.5 Å². The standard InChI is InChI=1S/C34H32N2O7/c35-33(42)29-26(38)15-19-13-18-14-24-23(9-10-25(37)28(24)30(39)27(18)31(40)34(19,43)32(29)41)22-8-7-17(16-36-11-3-4-12-36)20-5-1-2-6-21(20)22/h1-2,5-10,18-19,27,29,37,43H,3-4,11-16H2,(H2,35,42)/t18-,19+,27?,29?,34+/m1/s1. The van der Waals surface area contributed by atoms with Crippen LogP contribution < -0.4 is 5.73 Å². The van der Waals surface area contributed by atoms with Crippen LogP contribution in [0.5, 0.6) is 5.75 Å². The summed E-state index contributed by atoms with van der Waals surface area (Å²) in [5, 5.41) is 24.5. The molecule has 0 spiro atoms. The first-order chi connectivity index (χ1) is 20.6. The van der Waals surface area contributed by atoms with E-state index in [2.05, 4.69) is 17.0 Å². The van der Waals surface area contributed by atoms with Gasteiger partial charge in [-0.2, -0.15) is 0 Å². The van der Waals surface area contributed by atoms with Crippen molar-refractivity contribution in [3.05, 3.63) is 65.2 Å². The first kappa shape index (κ1) is 27.6. The molecule has 3 aliphatic carbocycles. The van der Waals surface area contributed by atoms with Gasteiger partial charge in [0, 0.05) is 18.9 Å². The molecule has 0 aromatic heterocycles. The molecule has 1 heterocycles. The molecular weight excluding hydrogens is 548 g/mol. The number of nitrogens with two attached hydrogens (primary N) is 1. The van der Waals surface area contributed by atoms with E-state index in [0.29, 0.717) is 5.56 Å². The van der Waals surface area contributed by atoms with Crippen LogP contribution in [0.3, 0.4) is 0 Å². The Morgan fingerprint density at radius 2 is 1.60 bits per heavy atom. The lowest BCUT2D eigenvalue weighted by Gasteiger charge is -2.48. The van der Waals surface area contributed by atoms with Crippen LogP contribution in [-0.2, 0) is 32.1 Å². The van der Waals surface area contributed by atoms with Gasteiger partial charge in [-0.05, 0) is 83.8 Å². The van der Waals surface area contributed by atoms with Crippen LogP contribution >= 0.6 is 0 Å². The monoisotopic (exact) mass is 580 g/mol. The molecule has 7 rings (SSSR count). The second-order valence-electron chi connectivity index (χ2n) is 12.5. The third-order valence-electron chi connectivity index (χ3n) is 10.2. The lowest BCUT2D eigenvalue weighted by atomic mass is 9.53. The third kappa shape index (κ3) is 4.02. The van der Waals surface area contributed by atoms with Crippen molar-refractivity contribution in [2.24, 2.45) is 29.4 Å². The zero-order valence-electron chi connectivity index (χ0n) is 23.5. The number of phenolic OH excluding ortho intramolecular Hbond substituents is 1. The maximum atomic E-state index is 14.0. The van der Waals surface area contributed by atoms with Gasteiger partial charge in [0.1, 0.15) is 5.75 Å². The minimum atomic E-state index is -2.66. The van der Waals surface area contributed by atoms with Crippen molar-refractivity contribution in [1.29, 1.82) is 0 Å². The minimum absolute atomic E-state index is 0.00478. The number of fused-ring (bicyclic) bond motifs is 4. The number of benzene rings is 3. The number of Topliss-reactive ketones (excluding diaryl/α,β-unsaturated/α-hetero) is 4. The van der Waals surface area contributed by atoms with Crippen molar-refractivity contribution in [1.82, 2.24) is 4.90 Å². The van der Waals surface area contributed by atoms with E-state index in [1.807, 2.05) is 24.3 Å². The van der Waals surface area contributed by atoms with E-state index in [9.17, 15) is 34.2 Å². The molecule has 1 amide bonds. The fraction of sp³-hybridized carbons (Fsp3) is 0.382. The molecule has 3 fully saturated rings. The van der Waals surface area contributed by atoms with Crippen molar-refractivity contribution in [2.75, 3.05) is 13.1 Å². The van der Waals surface area contributed by atoms with Gasteiger partial charge in [-0.1, -0.05) is 42.5 Å². The molecule has 9 heteroatoms. The van der Waals surface area contributed by atoms with Gasteiger partial charge in [-0.3, -0.25) is 28.9 Å². The number of carbonyl (C=O) groups excluding carboxylic acids is 5. The Kier molecular flexibility index (Phi) is 6.37. The van der Waals surface area contributed by atoms with E-state index in [-0.39, 0.29) is 30.6 Å². The minimum Gasteiger partial charge on any atom is -0.507 e. The van der Waals surface area contributed by atoms with E-state index in [4.69, 9.17) is 5.73 Å². The number of rotatable bonds is 4.